The number of nitrogens with zero attached hydrogens (tertiary/aromatic N) is 1. The highest BCUT2D eigenvalue weighted by molar-refractivity contribution is 6.39. The highest BCUT2D eigenvalue weighted by atomic mass is 16.7. The van der Waals surface area contributed by atoms with E-state index in [0.29, 0.717) is 49.7 Å². The molecule has 3 aliphatic heterocycles. The highest BCUT2D eigenvalue weighted by Gasteiger charge is 2.56. The molecule has 4 rings (SSSR count). The number of amides is 1. The molecule has 14 heteroatoms. The lowest BCUT2D eigenvalue weighted by molar-refractivity contribution is -0.302. The molecule has 1 amide bonds. The first kappa shape index (κ1) is 47.1. The van der Waals surface area contributed by atoms with E-state index in [9.17, 15) is 39.6 Å². The monoisotopic (exact) mass is 807 g/mol. The number of esters is 1. The number of hydrogen-bond donors (Lipinski definition) is 4. The quantitative estimate of drug-likeness (QED) is 0.173. The first-order valence-corrected chi connectivity index (χ1v) is 20.9. The van der Waals surface area contributed by atoms with E-state index in [2.05, 4.69) is 0 Å². The van der Waals surface area contributed by atoms with Gasteiger partial charge in [0, 0.05) is 52.0 Å². The van der Waals surface area contributed by atoms with E-state index >= 15 is 0 Å². The van der Waals surface area contributed by atoms with E-state index in [0.717, 1.165) is 4.90 Å². The van der Waals surface area contributed by atoms with Gasteiger partial charge in [0.1, 0.15) is 24.0 Å². The van der Waals surface area contributed by atoms with Crippen molar-refractivity contribution in [3.05, 3.63) is 23.3 Å². The first-order valence-electron chi connectivity index (χ1n) is 20.9. The van der Waals surface area contributed by atoms with E-state index in [1.807, 2.05) is 19.9 Å². The van der Waals surface area contributed by atoms with Crippen molar-refractivity contribution < 1.29 is 63.3 Å². The Kier molecular flexibility index (Phi) is 17.0. The minimum absolute atomic E-state index is 0.0255. The third kappa shape index (κ3) is 10.8. The first-order chi connectivity index (χ1) is 26.9. The standard InChI is InChI=1S/C43H69NO13/c1-10-29-18-23(2)37(48)24(3)19-35(54-8)39-36(55-9)20-26(5)43(52,57-39)40(49)41(50)44-16-12-11-13-30(44)42(51)56-38(27(6)32(46)22-33(29)47)25(4)17-28-14-15-31(45)34(21-28)53-7/h17-18,24,26-32,34-39,45-46,48,52H,10-16,19-22H2,1-9H3/b23-18-,25-17+/t24-,26-,27-,28+,29+,30+,31-,32+,34-,35+,36+,37+,38-,39-,43-/m1/s1. The minimum Gasteiger partial charge on any atom is -0.456 e. The summed E-state index contributed by atoms with van der Waals surface area (Å²) in [5.41, 5.74) is 1.19. The molecular weight excluding hydrogens is 738 g/mol. The average molecular weight is 808 g/mol. The van der Waals surface area contributed by atoms with Crippen molar-refractivity contribution >= 4 is 23.4 Å². The van der Waals surface area contributed by atoms with Crippen molar-refractivity contribution in [1.29, 1.82) is 0 Å². The minimum atomic E-state index is -2.57. The smallest absolute Gasteiger partial charge is 0.329 e. The molecule has 0 aromatic rings. The summed E-state index contributed by atoms with van der Waals surface area (Å²) in [6, 6.07) is -1.16. The Bertz CT molecular complexity index is 1470. The van der Waals surface area contributed by atoms with Crippen LogP contribution < -0.4 is 0 Å². The molecule has 0 spiro atoms. The molecule has 1 aliphatic carbocycles. The molecule has 57 heavy (non-hydrogen) atoms. The Hall–Kier alpha value is -2.56. The topological polar surface area (TPSA) is 199 Å². The largest absolute Gasteiger partial charge is 0.456 e. The van der Waals surface area contributed by atoms with E-state index in [1.54, 1.807) is 40.9 Å². The van der Waals surface area contributed by atoms with Gasteiger partial charge in [0.2, 0.25) is 5.79 Å². The van der Waals surface area contributed by atoms with Gasteiger partial charge in [-0.05, 0) is 94.6 Å². The number of aliphatic hydroxyl groups excluding tert-OH is 3. The van der Waals surface area contributed by atoms with Gasteiger partial charge in [-0.15, -0.1) is 0 Å². The summed E-state index contributed by atoms with van der Waals surface area (Å²) in [6.45, 7) is 10.6. The lowest BCUT2D eigenvalue weighted by Crippen LogP contribution is -2.64. The highest BCUT2D eigenvalue weighted by Crippen LogP contribution is 2.39. The van der Waals surface area contributed by atoms with Crippen LogP contribution in [-0.4, -0.2) is 137 Å². The molecule has 2 saturated heterocycles. The fraction of sp³-hybridized carbons (Fsp3) is 0.814. The van der Waals surface area contributed by atoms with Crippen molar-refractivity contribution in [2.45, 2.75) is 166 Å². The lowest BCUT2D eigenvalue weighted by atomic mass is 9.81. The molecule has 0 aromatic carbocycles. The van der Waals surface area contributed by atoms with Crippen molar-refractivity contribution in [1.82, 2.24) is 4.90 Å². The summed E-state index contributed by atoms with van der Waals surface area (Å²) >= 11 is 0. The maximum absolute atomic E-state index is 14.3. The molecule has 4 aliphatic rings. The number of methoxy groups -OCH3 is 3. The Morgan fingerprint density at radius 1 is 0.912 bits per heavy atom. The summed E-state index contributed by atoms with van der Waals surface area (Å²) in [6.07, 6.45) is 0.618. The van der Waals surface area contributed by atoms with Gasteiger partial charge >= 0.3 is 5.97 Å². The number of ketones is 2. The van der Waals surface area contributed by atoms with Gasteiger partial charge in [0.05, 0.1) is 36.6 Å². The van der Waals surface area contributed by atoms with Gasteiger partial charge in [0.25, 0.3) is 11.7 Å². The SMILES string of the molecule is CC[C@H]1/C=C(/C)[C@H](O)[C@H](C)C[C@H](OC)[C@H]2O[C@@](O)(C(=O)C(=O)N3CCCC[C@H]3C(=O)O[C@H](/C(C)=C/[C@@H]3CC[C@@H](O)[C@H](OC)C3)[C@H](C)[C@@H](O)CC1=O)[C@H](C)C[C@@H]2OC. The van der Waals surface area contributed by atoms with Crippen LogP contribution in [0.3, 0.4) is 0 Å². The maximum atomic E-state index is 14.3. The number of rotatable bonds is 6. The number of piperidine rings is 1. The Morgan fingerprint density at radius 2 is 1.56 bits per heavy atom. The molecule has 2 bridgehead atoms. The number of cyclic esters (lactones) is 1. The van der Waals surface area contributed by atoms with Crippen LogP contribution in [0.5, 0.6) is 0 Å². The van der Waals surface area contributed by atoms with E-state index < -0.39 is 95.9 Å². The second-order valence-electron chi connectivity index (χ2n) is 17.2. The van der Waals surface area contributed by atoms with Gasteiger partial charge in [-0.3, -0.25) is 14.4 Å². The predicted molar refractivity (Wildman–Crippen MR) is 209 cm³/mol. The van der Waals surface area contributed by atoms with Crippen LogP contribution in [0.1, 0.15) is 106 Å². The summed E-state index contributed by atoms with van der Waals surface area (Å²) < 4.78 is 29.6. The summed E-state index contributed by atoms with van der Waals surface area (Å²) in [7, 11) is 4.49. The maximum Gasteiger partial charge on any atom is 0.329 e. The van der Waals surface area contributed by atoms with Crippen LogP contribution in [0, 0.1) is 29.6 Å². The summed E-state index contributed by atoms with van der Waals surface area (Å²) in [5.74, 6) is -8.59. The third-order valence-electron chi connectivity index (χ3n) is 13.2. The Labute approximate surface area is 338 Å². The number of Topliss-reactive ketones (excluding diaryl/α,β-unsaturated/α-hetero) is 2. The van der Waals surface area contributed by atoms with E-state index in [4.69, 9.17) is 23.7 Å². The molecular formula is C43H69NO13. The lowest BCUT2D eigenvalue weighted by Gasteiger charge is -2.47. The van der Waals surface area contributed by atoms with Crippen LogP contribution in [-0.2, 0) is 42.9 Å². The molecule has 15 atom stereocenters. The zero-order chi connectivity index (χ0) is 42.4. The number of hydrogen-bond acceptors (Lipinski definition) is 13. The number of carbonyl (C=O) groups is 4. The number of carbonyl (C=O) groups excluding carboxylic acids is 4. The predicted octanol–water partition coefficient (Wildman–Crippen LogP) is 3.44. The van der Waals surface area contributed by atoms with Crippen LogP contribution in [0.25, 0.3) is 0 Å². The van der Waals surface area contributed by atoms with Crippen molar-refractivity contribution in [3.8, 4) is 0 Å². The van der Waals surface area contributed by atoms with Gasteiger partial charge in [-0.1, -0.05) is 39.8 Å². The number of allylic oxidation sites excluding steroid dienone is 2. The summed E-state index contributed by atoms with van der Waals surface area (Å²) in [4.78, 5) is 57.7. The number of ether oxygens (including phenoxy) is 5. The van der Waals surface area contributed by atoms with Gasteiger partial charge in [0.15, 0.2) is 0 Å². The molecule has 0 radical (unpaired) electrons. The van der Waals surface area contributed by atoms with Gasteiger partial charge in [-0.2, -0.15) is 0 Å². The van der Waals surface area contributed by atoms with Crippen molar-refractivity contribution in [2.75, 3.05) is 27.9 Å². The molecule has 324 valence electrons. The van der Waals surface area contributed by atoms with Crippen LogP contribution in [0.4, 0.5) is 0 Å². The molecule has 3 fully saturated rings. The molecule has 1 saturated carbocycles. The van der Waals surface area contributed by atoms with Crippen molar-refractivity contribution in [2.24, 2.45) is 29.6 Å². The zero-order valence-electron chi connectivity index (χ0n) is 35.4. The summed E-state index contributed by atoms with van der Waals surface area (Å²) in [5, 5.41) is 45.6. The van der Waals surface area contributed by atoms with Gasteiger partial charge < -0.3 is 49.0 Å². The average Bonchev–Trinajstić information content (AvgIpc) is 3.20. The van der Waals surface area contributed by atoms with Crippen LogP contribution >= 0.6 is 0 Å². The van der Waals surface area contributed by atoms with Crippen LogP contribution in [0.15, 0.2) is 23.3 Å². The number of fused-ring (bicyclic) bond motifs is 3. The van der Waals surface area contributed by atoms with Crippen LogP contribution in [0.2, 0.25) is 0 Å². The van der Waals surface area contributed by atoms with E-state index in [-0.39, 0.29) is 50.0 Å². The Morgan fingerprint density at radius 3 is 2.19 bits per heavy atom. The van der Waals surface area contributed by atoms with E-state index in [1.165, 1.54) is 14.2 Å². The molecule has 14 nitrogen and oxygen atoms in total. The third-order valence-corrected chi connectivity index (χ3v) is 13.2. The fourth-order valence-corrected chi connectivity index (χ4v) is 9.31. The second-order valence-corrected chi connectivity index (χ2v) is 17.2. The zero-order valence-corrected chi connectivity index (χ0v) is 35.4. The molecule has 0 unspecified atom stereocenters. The Balaban J connectivity index is 1.79. The normalized spacial score (nSPS) is 42.4. The number of aliphatic hydroxyl groups is 4. The molecule has 4 N–H and O–H groups in total. The molecule has 3 heterocycles. The second kappa shape index (κ2) is 20.6. The molecule has 0 aromatic heterocycles. The fourth-order valence-electron chi connectivity index (χ4n) is 9.31. The van der Waals surface area contributed by atoms with Gasteiger partial charge in [-0.25, -0.2) is 4.79 Å². The van der Waals surface area contributed by atoms with Crippen molar-refractivity contribution in [3.63, 3.8) is 0 Å².